The van der Waals surface area contributed by atoms with E-state index in [0.717, 1.165) is 0 Å². The van der Waals surface area contributed by atoms with Crippen LogP contribution in [0.2, 0.25) is 5.02 Å². The molecule has 0 aliphatic carbocycles. The van der Waals surface area contributed by atoms with Gasteiger partial charge in [-0.25, -0.2) is 0 Å². The van der Waals surface area contributed by atoms with Crippen LogP contribution in [0.25, 0.3) is 0 Å². The van der Waals surface area contributed by atoms with Crippen LogP contribution in [0.15, 0.2) is 12.1 Å². The topological polar surface area (TPSA) is 103 Å². The molecule has 0 radical (unpaired) electrons. The Morgan fingerprint density at radius 3 is 2.62 bits per heavy atom. The summed E-state index contributed by atoms with van der Waals surface area (Å²) in [5.41, 5.74) is 6.15. The third-order valence-electron chi connectivity index (χ3n) is 2.60. The third kappa shape index (κ3) is 5.13. The number of ether oxygens (including phenoxy) is 2. The number of anilines is 1. The molecule has 4 N–H and O–H groups in total. The maximum Gasteiger partial charge on any atom is 0.255 e. The molecule has 0 aliphatic rings. The highest BCUT2D eigenvalue weighted by Gasteiger charge is 2.15. The first-order valence-electron chi connectivity index (χ1n) is 6.16. The summed E-state index contributed by atoms with van der Waals surface area (Å²) in [4.78, 5) is 23.5. The summed E-state index contributed by atoms with van der Waals surface area (Å²) in [6.45, 7) is 0.622. The highest BCUT2D eigenvalue weighted by Crippen LogP contribution is 2.28. The molecule has 0 heterocycles. The molecule has 0 spiro atoms. The maximum absolute atomic E-state index is 12.0. The minimum absolute atomic E-state index is 0.159. The number of rotatable bonds is 7. The van der Waals surface area contributed by atoms with E-state index >= 15 is 0 Å². The zero-order valence-electron chi connectivity index (χ0n) is 11.9. The number of carbonyl (C=O) groups excluding carboxylic acids is 2. The minimum atomic E-state index is -0.476. The van der Waals surface area contributed by atoms with E-state index in [-0.39, 0.29) is 28.8 Å². The molecule has 1 aromatic rings. The van der Waals surface area contributed by atoms with Gasteiger partial charge in [-0.2, -0.15) is 0 Å². The van der Waals surface area contributed by atoms with Crippen LogP contribution in [0.1, 0.15) is 10.4 Å². The SMILES string of the molecule is COCCNC(=O)CNC(=O)c1cc(Cl)c(N)cc1OC. The van der Waals surface area contributed by atoms with Crippen LogP contribution < -0.4 is 21.1 Å². The molecule has 0 atom stereocenters. The minimum Gasteiger partial charge on any atom is -0.496 e. The Balaban J connectivity index is 2.63. The van der Waals surface area contributed by atoms with Crippen molar-refractivity contribution in [3.8, 4) is 5.75 Å². The zero-order valence-corrected chi connectivity index (χ0v) is 12.6. The molecule has 0 unspecified atom stereocenters. The molecule has 0 aromatic heterocycles. The van der Waals surface area contributed by atoms with Gasteiger partial charge in [-0.1, -0.05) is 11.6 Å². The van der Waals surface area contributed by atoms with E-state index < -0.39 is 5.91 Å². The number of amides is 2. The summed E-state index contributed by atoms with van der Waals surface area (Å²) < 4.78 is 9.87. The van der Waals surface area contributed by atoms with E-state index in [1.807, 2.05) is 0 Å². The third-order valence-corrected chi connectivity index (χ3v) is 2.93. The van der Waals surface area contributed by atoms with Crippen LogP contribution in [-0.4, -0.2) is 45.7 Å². The highest BCUT2D eigenvalue weighted by atomic mass is 35.5. The van der Waals surface area contributed by atoms with Gasteiger partial charge in [-0.3, -0.25) is 9.59 Å². The van der Waals surface area contributed by atoms with Crippen molar-refractivity contribution in [1.82, 2.24) is 10.6 Å². The Bertz CT molecular complexity index is 522. The van der Waals surface area contributed by atoms with E-state index in [1.165, 1.54) is 26.4 Å². The van der Waals surface area contributed by atoms with Crippen LogP contribution in [0.5, 0.6) is 5.75 Å². The number of hydrogen-bond acceptors (Lipinski definition) is 5. The van der Waals surface area contributed by atoms with Crippen LogP contribution in [0.4, 0.5) is 5.69 Å². The molecule has 21 heavy (non-hydrogen) atoms. The second-order valence-electron chi connectivity index (χ2n) is 4.10. The smallest absolute Gasteiger partial charge is 0.255 e. The molecule has 0 saturated carbocycles. The Kier molecular flexibility index (Phi) is 6.77. The largest absolute Gasteiger partial charge is 0.496 e. The number of methoxy groups -OCH3 is 2. The van der Waals surface area contributed by atoms with Crippen LogP contribution in [0, 0.1) is 0 Å². The average Bonchev–Trinajstić information content (AvgIpc) is 2.47. The van der Waals surface area contributed by atoms with Gasteiger partial charge in [0, 0.05) is 19.7 Å². The highest BCUT2D eigenvalue weighted by molar-refractivity contribution is 6.33. The van der Waals surface area contributed by atoms with E-state index in [0.29, 0.717) is 18.8 Å². The predicted molar refractivity (Wildman–Crippen MR) is 79.6 cm³/mol. The summed E-state index contributed by atoms with van der Waals surface area (Å²) in [6.07, 6.45) is 0. The first-order valence-corrected chi connectivity index (χ1v) is 6.54. The lowest BCUT2D eigenvalue weighted by molar-refractivity contribution is -0.120. The molecule has 116 valence electrons. The van der Waals surface area contributed by atoms with Crippen molar-refractivity contribution in [1.29, 1.82) is 0 Å². The van der Waals surface area contributed by atoms with E-state index in [2.05, 4.69) is 10.6 Å². The number of halogens is 1. The van der Waals surface area contributed by atoms with Crippen LogP contribution in [0.3, 0.4) is 0 Å². The van der Waals surface area contributed by atoms with Gasteiger partial charge in [0.25, 0.3) is 5.91 Å². The Morgan fingerprint density at radius 1 is 1.29 bits per heavy atom. The van der Waals surface area contributed by atoms with Crippen molar-refractivity contribution in [3.63, 3.8) is 0 Å². The second-order valence-corrected chi connectivity index (χ2v) is 4.51. The van der Waals surface area contributed by atoms with Gasteiger partial charge in [0.2, 0.25) is 5.91 Å². The molecule has 8 heteroatoms. The molecule has 1 rings (SSSR count). The summed E-state index contributed by atoms with van der Waals surface area (Å²) in [5.74, 6) is -0.509. The van der Waals surface area contributed by atoms with Gasteiger partial charge in [-0.15, -0.1) is 0 Å². The lowest BCUT2D eigenvalue weighted by atomic mass is 10.1. The standard InChI is InChI=1S/C13H18ClN3O4/c1-20-4-3-16-12(18)7-17-13(19)8-5-9(14)10(15)6-11(8)21-2/h5-6H,3-4,7,15H2,1-2H3,(H,16,18)(H,17,19). The first kappa shape index (κ1) is 17.1. The van der Waals surface area contributed by atoms with Gasteiger partial charge < -0.3 is 25.8 Å². The molecule has 0 aliphatic heterocycles. The van der Waals surface area contributed by atoms with Gasteiger partial charge in [0.1, 0.15) is 5.75 Å². The molecule has 0 saturated heterocycles. The Labute approximate surface area is 127 Å². The molecule has 1 aromatic carbocycles. The monoisotopic (exact) mass is 315 g/mol. The Hall–Kier alpha value is -1.99. The fraction of sp³-hybridized carbons (Fsp3) is 0.385. The molecule has 2 amide bonds. The first-order chi connectivity index (χ1) is 9.99. The summed E-state index contributed by atoms with van der Waals surface area (Å²) in [7, 11) is 2.95. The molecule has 0 bridgehead atoms. The maximum atomic E-state index is 12.0. The number of nitrogen functional groups attached to an aromatic ring is 1. The van der Waals surface area contributed by atoms with Crippen LogP contribution >= 0.6 is 11.6 Å². The lowest BCUT2D eigenvalue weighted by Gasteiger charge is -2.11. The van der Waals surface area contributed by atoms with Crippen molar-refractivity contribution in [2.75, 3.05) is 39.6 Å². The lowest BCUT2D eigenvalue weighted by Crippen LogP contribution is -2.38. The van der Waals surface area contributed by atoms with Gasteiger partial charge >= 0.3 is 0 Å². The van der Waals surface area contributed by atoms with E-state index in [9.17, 15) is 9.59 Å². The molecular weight excluding hydrogens is 298 g/mol. The predicted octanol–water partition coefficient (Wildman–Crippen LogP) is 0.423. The van der Waals surface area contributed by atoms with Gasteiger partial charge in [0.15, 0.2) is 0 Å². The molecule has 0 fully saturated rings. The molecular formula is C13H18ClN3O4. The quantitative estimate of drug-likeness (QED) is 0.500. The fourth-order valence-electron chi connectivity index (χ4n) is 1.53. The Morgan fingerprint density at radius 2 is 2.00 bits per heavy atom. The van der Waals surface area contributed by atoms with Crippen LogP contribution in [-0.2, 0) is 9.53 Å². The number of carbonyl (C=O) groups is 2. The van der Waals surface area contributed by atoms with Crippen molar-refractivity contribution in [2.45, 2.75) is 0 Å². The van der Waals surface area contributed by atoms with Gasteiger partial charge in [-0.05, 0) is 6.07 Å². The van der Waals surface area contributed by atoms with E-state index in [4.69, 9.17) is 26.8 Å². The van der Waals surface area contributed by atoms with E-state index in [1.54, 1.807) is 0 Å². The fourth-order valence-corrected chi connectivity index (χ4v) is 1.69. The number of hydrogen-bond donors (Lipinski definition) is 3. The zero-order chi connectivity index (χ0) is 15.8. The van der Waals surface area contributed by atoms with Crippen molar-refractivity contribution < 1.29 is 19.1 Å². The van der Waals surface area contributed by atoms with Crippen molar-refractivity contribution in [2.24, 2.45) is 0 Å². The van der Waals surface area contributed by atoms with Gasteiger partial charge in [0.05, 0.1) is 36.5 Å². The summed E-state index contributed by atoms with van der Waals surface area (Å²) in [6, 6.07) is 2.85. The second kappa shape index (κ2) is 8.33. The summed E-state index contributed by atoms with van der Waals surface area (Å²) >= 11 is 5.88. The number of benzene rings is 1. The number of nitrogens with one attached hydrogen (secondary N) is 2. The normalized spacial score (nSPS) is 10.0. The van der Waals surface area contributed by atoms with Crippen molar-refractivity contribution >= 4 is 29.1 Å². The average molecular weight is 316 g/mol. The summed E-state index contributed by atoms with van der Waals surface area (Å²) in [5, 5.41) is 5.30. The number of nitrogens with two attached hydrogens (primary N) is 1. The molecule has 7 nitrogen and oxygen atoms in total. The van der Waals surface area contributed by atoms with Crippen molar-refractivity contribution in [3.05, 3.63) is 22.7 Å².